The van der Waals surface area contributed by atoms with Crippen LogP contribution in [0.3, 0.4) is 0 Å². The molecule has 0 spiro atoms. The lowest BCUT2D eigenvalue weighted by Crippen LogP contribution is -2.02. The summed E-state index contributed by atoms with van der Waals surface area (Å²) in [6.07, 6.45) is 3.62. The first kappa shape index (κ1) is 10.3. The molecular weight excluding hydrogens is 164 g/mol. The van der Waals surface area contributed by atoms with Gasteiger partial charge < -0.3 is 0 Å². The SMILES string of the molecule is C/C=C\C(=C/C[N+](=O)[O-])[N+](=O)[O-]. The van der Waals surface area contributed by atoms with Gasteiger partial charge in [0.15, 0.2) is 0 Å². The number of nitro groups is 2. The van der Waals surface area contributed by atoms with Crippen molar-refractivity contribution in [3.05, 3.63) is 44.2 Å². The number of hydrogen-bond acceptors (Lipinski definition) is 4. The summed E-state index contributed by atoms with van der Waals surface area (Å²) >= 11 is 0. The summed E-state index contributed by atoms with van der Waals surface area (Å²) in [5.74, 6) is 0. The van der Waals surface area contributed by atoms with Gasteiger partial charge in [0.05, 0.1) is 11.0 Å². The number of rotatable bonds is 4. The van der Waals surface area contributed by atoms with Crippen molar-refractivity contribution in [1.29, 1.82) is 0 Å². The largest absolute Gasteiger partial charge is 0.271 e. The highest BCUT2D eigenvalue weighted by Gasteiger charge is 2.06. The minimum absolute atomic E-state index is 0.255. The summed E-state index contributed by atoms with van der Waals surface area (Å²) in [6.45, 7) is 1.07. The summed E-state index contributed by atoms with van der Waals surface area (Å²) in [4.78, 5) is 18.7. The van der Waals surface area contributed by atoms with Crippen molar-refractivity contribution in [1.82, 2.24) is 0 Å². The van der Waals surface area contributed by atoms with E-state index in [2.05, 4.69) is 0 Å². The quantitative estimate of drug-likeness (QED) is 0.359. The Bertz CT molecular complexity index is 244. The smallest absolute Gasteiger partial charge is 0.264 e. The minimum Gasteiger partial charge on any atom is -0.264 e. The molecule has 66 valence electrons. The fourth-order valence-corrected chi connectivity index (χ4v) is 0.542. The normalized spacial score (nSPS) is 11.9. The first-order chi connectivity index (χ1) is 5.57. The molecule has 0 rings (SSSR count). The average molecular weight is 172 g/mol. The monoisotopic (exact) mass is 172 g/mol. The van der Waals surface area contributed by atoms with E-state index in [0.717, 1.165) is 6.08 Å². The van der Waals surface area contributed by atoms with Crippen molar-refractivity contribution < 1.29 is 9.85 Å². The lowest BCUT2D eigenvalue weighted by molar-refractivity contribution is -0.471. The van der Waals surface area contributed by atoms with Crippen molar-refractivity contribution in [3.63, 3.8) is 0 Å². The van der Waals surface area contributed by atoms with Gasteiger partial charge >= 0.3 is 0 Å². The lowest BCUT2D eigenvalue weighted by Gasteiger charge is -1.88. The van der Waals surface area contributed by atoms with Gasteiger partial charge in [0.1, 0.15) is 0 Å². The molecular formula is C6H8N2O4. The maximum Gasteiger partial charge on any atom is 0.271 e. The van der Waals surface area contributed by atoms with Crippen molar-refractivity contribution >= 4 is 0 Å². The van der Waals surface area contributed by atoms with E-state index < -0.39 is 16.4 Å². The fraction of sp³-hybridized carbons (Fsp3) is 0.333. The maximum atomic E-state index is 10.2. The predicted molar refractivity (Wildman–Crippen MR) is 41.8 cm³/mol. The summed E-state index contributed by atoms with van der Waals surface area (Å²) in [6, 6.07) is 0. The van der Waals surface area contributed by atoms with Gasteiger partial charge in [-0.1, -0.05) is 6.08 Å². The zero-order valence-electron chi connectivity index (χ0n) is 6.47. The van der Waals surface area contributed by atoms with Gasteiger partial charge in [-0.3, -0.25) is 20.2 Å². The molecule has 0 saturated heterocycles. The van der Waals surface area contributed by atoms with Crippen LogP contribution in [0.1, 0.15) is 6.92 Å². The van der Waals surface area contributed by atoms with Crippen molar-refractivity contribution in [3.8, 4) is 0 Å². The van der Waals surface area contributed by atoms with E-state index in [1.54, 1.807) is 6.92 Å². The Labute approximate surface area is 68.5 Å². The molecule has 6 heteroatoms. The van der Waals surface area contributed by atoms with Crippen molar-refractivity contribution in [2.75, 3.05) is 6.54 Å². The molecule has 0 bridgehead atoms. The Balaban J connectivity index is 4.39. The summed E-state index contributed by atoms with van der Waals surface area (Å²) < 4.78 is 0. The second kappa shape index (κ2) is 5.00. The Morgan fingerprint density at radius 1 is 1.42 bits per heavy atom. The third-order valence-electron chi connectivity index (χ3n) is 0.998. The van der Waals surface area contributed by atoms with E-state index in [1.807, 2.05) is 0 Å². The van der Waals surface area contributed by atoms with Crippen LogP contribution in [0.5, 0.6) is 0 Å². The summed E-state index contributed by atoms with van der Waals surface area (Å²) in [5.41, 5.74) is -0.255. The first-order valence-corrected chi connectivity index (χ1v) is 3.17. The van der Waals surface area contributed by atoms with Crippen molar-refractivity contribution in [2.24, 2.45) is 0 Å². The molecule has 0 radical (unpaired) electrons. The second-order valence-corrected chi connectivity index (χ2v) is 1.90. The third-order valence-corrected chi connectivity index (χ3v) is 0.998. The molecule has 0 N–H and O–H groups in total. The van der Waals surface area contributed by atoms with Gasteiger partial charge in [0, 0.05) is 11.0 Å². The molecule has 0 aromatic heterocycles. The van der Waals surface area contributed by atoms with E-state index >= 15 is 0 Å². The van der Waals surface area contributed by atoms with E-state index in [4.69, 9.17) is 0 Å². The van der Waals surface area contributed by atoms with Gasteiger partial charge in [-0.2, -0.15) is 0 Å². The van der Waals surface area contributed by atoms with Crippen LogP contribution in [-0.2, 0) is 0 Å². The highest BCUT2D eigenvalue weighted by Crippen LogP contribution is 1.97. The Hall–Kier alpha value is -1.72. The number of nitrogens with zero attached hydrogens (tertiary/aromatic N) is 2. The zero-order chi connectivity index (χ0) is 9.56. The maximum absolute atomic E-state index is 10.2. The van der Waals surface area contributed by atoms with Gasteiger partial charge in [-0.15, -0.1) is 0 Å². The Morgan fingerprint density at radius 2 is 2.00 bits per heavy atom. The molecule has 0 saturated carbocycles. The van der Waals surface area contributed by atoms with E-state index in [0.29, 0.717) is 0 Å². The van der Waals surface area contributed by atoms with Crippen LogP contribution < -0.4 is 0 Å². The Kier molecular flexibility index (Phi) is 4.28. The average Bonchev–Trinajstić information content (AvgIpc) is 1.96. The van der Waals surface area contributed by atoms with E-state index in [-0.39, 0.29) is 5.70 Å². The molecule has 12 heavy (non-hydrogen) atoms. The van der Waals surface area contributed by atoms with Crippen molar-refractivity contribution in [2.45, 2.75) is 6.92 Å². The van der Waals surface area contributed by atoms with E-state index in [9.17, 15) is 20.2 Å². The molecule has 0 unspecified atom stereocenters. The molecule has 0 aliphatic rings. The van der Waals surface area contributed by atoms with Crippen LogP contribution in [0.4, 0.5) is 0 Å². The van der Waals surface area contributed by atoms with Crippen LogP contribution in [0.2, 0.25) is 0 Å². The lowest BCUT2D eigenvalue weighted by atomic mass is 10.3. The molecule has 6 nitrogen and oxygen atoms in total. The third kappa shape index (κ3) is 4.15. The number of allylic oxidation sites excluding steroid dienone is 2. The predicted octanol–water partition coefficient (Wildman–Crippen LogP) is 1.000. The highest BCUT2D eigenvalue weighted by atomic mass is 16.6. The molecule has 0 fully saturated rings. The standard InChI is InChI=1S/C6H8N2O4/c1-2-3-6(8(11)12)4-5-7(9)10/h2-4H,5H2,1H3/b3-2-,6-4+. The van der Waals surface area contributed by atoms with Crippen LogP contribution >= 0.6 is 0 Å². The van der Waals surface area contributed by atoms with Crippen LogP contribution in [0, 0.1) is 20.2 Å². The summed E-state index contributed by atoms with van der Waals surface area (Å²) in [5, 5.41) is 20.0. The molecule has 0 aliphatic carbocycles. The van der Waals surface area contributed by atoms with Gasteiger partial charge in [0.2, 0.25) is 6.54 Å². The van der Waals surface area contributed by atoms with Gasteiger partial charge in [0.25, 0.3) is 5.70 Å². The minimum atomic E-state index is -0.663. The van der Waals surface area contributed by atoms with Gasteiger partial charge in [-0.25, -0.2) is 0 Å². The molecule has 0 aromatic rings. The summed E-state index contributed by atoms with van der Waals surface area (Å²) in [7, 11) is 0. The van der Waals surface area contributed by atoms with Crippen LogP contribution in [0.25, 0.3) is 0 Å². The molecule has 0 amide bonds. The fourth-order valence-electron chi connectivity index (χ4n) is 0.542. The zero-order valence-corrected chi connectivity index (χ0v) is 6.47. The topological polar surface area (TPSA) is 86.3 Å². The molecule has 0 aliphatic heterocycles. The molecule has 0 aromatic carbocycles. The molecule has 0 atom stereocenters. The molecule has 0 heterocycles. The van der Waals surface area contributed by atoms with Crippen LogP contribution in [-0.4, -0.2) is 16.4 Å². The second-order valence-electron chi connectivity index (χ2n) is 1.90. The Morgan fingerprint density at radius 3 is 2.33 bits per heavy atom. The van der Waals surface area contributed by atoms with Crippen LogP contribution in [0.15, 0.2) is 23.9 Å². The first-order valence-electron chi connectivity index (χ1n) is 3.17. The highest BCUT2D eigenvalue weighted by molar-refractivity contribution is 5.09. The van der Waals surface area contributed by atoms with Gasteiger partial charge in [-0.05, 0) is 6.92 Å². The number of hydrogen-bond donors (Lipinski definition) is 0. The van der Waals surface area contributed by atoms with E-state index in [1.165, 1.54) is 12.2 Å².